The summed E-state index contributed by atoms with van der Waals surface area (Å²) in [5, 5.41) is 10.8. The van der Waals surface area contributed by atoms with Crippen LogP contribution in [-0.2, 0) is 20.6 Å². The number of amides is 2. The molecule has 0 aliphatic heterocycles. The van der Waals surface area contributed by atoms with Crippen molar-refractivity contribution in [3.63, 3.8) is 0 Å². The normalized spacial score (nSPS) is 12.2. The monoisotopic (exact) mass is 455 g/mol. The predicted octanol–water partition coefficient (Wildman–Crippen LogP) is 2.62. The van der Waals surface area contributed by atoms with E-state index in [0.29, 0.717) is 28.4 Å². The van der Waals surface area contributed by atoms with Crippen molar-refractivity contribution in [3.05, 3.63) is 64.7 Å². The predicted molar refractivity (Wildman–Crippen MR) is 118 cm³/mol. The maximum absolute atomic E-state index is 12.8. The van der Waals surface area contributed by atoms with E-state index in [9.17, 15) is 18.0 Å². The summed E-state index contributed by atoms with van der Waals surface area (Å²) in [6.45, 7) is 0. The van der Waals surface area contributed by atoms with Crippen molar-refractivity contribution in [3.8, 4) is 0 Å². The lowest BCUT2D eigenvalue weighted by molar-refractivity contribution is -0.118. The van der Waals surface area contributed by atoms with Gasteiger partial charge in [0.2, 0.25) is 15.9 Å². The van der Waals surface area contributed by atoms with Crippen LogP contribution in [0.2, 0.25) is 5.02 Å². The molecule has 0 fully saturated rings. The van der Waals surface area contributed by atoms with Gasteiger partial charge in [-0.05, 0) is 48.3 Å². The molecule has 0 radical (unpaired) electrons. The number of rotatable bonds is 9. The number of hydrogen-bond donors (Lipinski definition) is 3. The van der Waals surface area contributed by atoms with Crippen molar-refractivity contribution in [1.82, 2.24) is 5.32 Å². The number of thioether (sulfide) groups is 1. The summed E-state index contributed by atoms with van der Waals surface area (Å²) in [7, 11) is -3.69. The Labute approximate surface area is 179 Å². The second-order valence-electron chi connectivity index (χ2n) is 6.28. The maximum atomic E-state index is 12.8. The van der Waals surface area contributed by atoms with Crippen LogP contribution in [0, 0.1) is 0 Å². The molecule has 4 N–H and O–H groups in total. The molecule has 0 heterocycles. The van der Waals surface area contributed by atoms with E-state index < -0.39 is 27.9 Å². The molecule has 7 nitrogen and oxygen atoms in total. The summed E-state index contributed by atoms with van der Waals surface area (Å²) >= 11 is 7.61. The Hall–Kier alpha value is -2.07. The van der Waals surface area contributed by atoms with E-state index in [-0.39, 0.29) is 11.3 Å². The zero-order valence-electron chi connectivity index (χ0n) is 15.7. The largest absolute Gasteiger partial charge is 0.340 e. The SMILES string of the molecule is CSCC[C@@H](NC(=O)c1ccccc1Cl)C(=O)Nc1cccc(CS(N)(=O)=O)c1. The van der Waals surface area contributed by atoms with Crippen molar-refractivity contribution in [1.29, 1.82) is 0 Å². The molecular formula is C19H22ClN3O4S2. The Morgan fingerprint density at radius 1 is 1.17 bits per heavy atom. The molecule has 1 atom stereocenters. The van der Waals surface area contributed by atoms with Crippen LogP contribution in [0.4, 0.5) is 5.69 Å². The first-order valence-electron chi connectivity index (χ1n) is 8.64. The minimum Gasteiger partial charge on any atom is -0.340 e. The quantitative estimate of drug-likeness (QED) is 0.537. The minimum atomic E-state index is -3.69. The minimum absolute atomic E-state index is 0.284. The number of nitrogens with two attached hydrogens (primary N) is 1. The van der Waals surface area contributed by atoms with E-state index in [2.05, 4.69) is 10.6 Å². The Bertz CT molecular complexity index is 983. The van der Waals surface area contributed by atoms with Gasteiger partial charge >= 0.3 is 0 Å². The third-order valence-electron chi connectivity index (χ3n) is 3.91. The number of halogens is 1. The number of sulfonamides is 1. The average molecular weight is 456 g/mol. The summed E-state index contributed by atoms with van der Waals surface area (Å²) in [4.78, 5) is 25.3. The molecule has 29 heavy (non-hydrogen) atoms. The summed E-state index contributed by atoms with van der Waals surface area (Å²) in [5.41, 5.74) is 1.15. The van der Waals surface area contributed by atoms with Crippen molar-refractivity contribution >= 4 is 50.9 Å². The van der Waals surface area contributed by atoms with Crippen LogP contribution >= 0.6 is 23.4 Å². The number of carbonyl (C=O) groups is 2. The second kappa shape index (κ2) is 10.6. The lowest BCUT2D eigenvalue weighted by Gasteiger charge is -2.19. The highest BCUT2D eigenvalue weighted by atomic mass is 35.5. The second-order valence-corrected chi connectivity index (χ2v) is 9.29. The Balaban J connectivity index is 2.13. The van der Waals surface area contributed by atoms with Gasteiger partial charge in [-0.15, -0.1) is 0 Å². The number of benzene rings is 2. The zero-order valence-corrected chi connectivity index (χ0v) is 18.1. The van der Waals surface area contributed by atoms with Gasteiger partial charge in [0, 0.05) is 5.69 Å². The van der Waals surface area contributed by atoms with Gasteiger partial charge in [0.25, 0.3) is 5.91 Å². The molecule has 0 aromatic heterocycles. The third-order valence-corrected chi connectivity index (χ3v) is 5.62. The van der Waals surface area contributed by atoms with Crippen LogP contribution < -0.4 is 15.8 Å². The summed E-state index contributed by atoms with van der Waals surface area (Å²) in [6, 6.07) is 12.2. The Kier molecular flexibility index (Phi) is 8.51. The number of nitrogens with one attached hydrogen (secondary N) is 2. The van der Waals surface area contributed by atoms with Gasteiger partial charge in [0.15, 0.2) is 0 Å². The molecule has 0 aliphatic carbocycles. The van der Waals surface area contributed by atoms with Crippen LogP contribution in [0.1, 0.15) is 22.3 Å². The van der Waals surface area contributed by atoms with E-state index in [1.807, 2.05) is 6.26 Å². The number of hydrogen-bond acceptors (Lipinski definition) is 5. The molecule has 2 rings (SSSR count). The smallest absolute Gasteiger partial charge is 0.253 e. The standard InChI is InChI=1S/C19H22ClN3O4S2/c1-28-10-9-17(23-18(24)15-7-2-3-8-16(15)20)19(25)22-14-6-4-5-13(11-14)12-29(21,26)27/h2-8,11,17H,9-10,12H2,1H3,(H,22,25)(H,23,24)(H2,21,26,27)/t17-/m1/s1. The molecular weight excluding hydrogens is 434 g/mol. The van der Waals surface area contributed by atoms with Crippen LogP contribution in [0.5, 0.6) is 0 Å². The lowest BCUT2D eigenvalue weighted by atomic mass is 10.1. The summed E-state index contributed by atoms with van der Waals surface area (Å²) < 4.78 is 22.5. The fourth-order valence-corrected chi connectivity index (χ4v) is 3.92. The highest BCUT2D eigenvalue weighted by Crippen LogP contribution is 2.16. The first-order valence-corrected chi connectivity index (χ1v) is 12.1. The molecule has 0 aliphatic rings. The van der Waals surface area contributed by atoms with E-state index in [1.54, 1.807) is 54.2 Å². The number of primary sulfonamides is 1. The van der Waals surface area contributed by atoms with Crippen molar-refractivity contribution in [2.45, 2.75) is 18.2 Å². The van der Waals surface area contributed by atoms with Gasteiger partial charge in [-0.1, -0.05) is 35.9 Å². The summed E-state index contributed by atoms with van der Waals surface area (Å²) in [6.07, 6.45) is 2.32. The van der Waals surface area contributed by atoms with Crippen molar-refractivity contribution in [2.24, 2.45) is 5.14 Å². The fourth-order valence-electron chi connectivity index (χ4n) is 2.59. The molecule has 2 aromatic rings. The van der Waals surface area contributed by atoms with Gasteiger partial charge in [-0.25, -0.2) is 13.6 Å². The van der Waals surface area contributed by atoms with E-state index >= 15 is 0 Å². The lowest BCUT2D eigenvalue weighted by Crippen LogP contribution is -2.44. The Morgan fingerprint density at radius 3 is 2.55 bits per heavy atom. The number of anilines is 1. The first-order chi connectivity index (χ1) is 13.7. The van der Waals surface area contributed by atoms with E-state index in [4.69, 9.17) is 16.7 Å². The Morgan fingerprint density at radius 2 is 1.90 bits per heavy atom. The van der Waals surface area contributed by atoms with Gasteiger partial charge in [0.05, 0.1) is 16.3 Å². The van der Waals surface area contributed by atoms with Crippen LogP contribution in [0.15, 0.2) is 48.5 Å². The fraction of sp³-hybridized carbons (Fsp3) is 0.263. The van der Waals surface area contributed by atoms with Gasteiger partial charge in [0.1, 0.15) is 6.04 Å². The molecule has 0 saturated carbocycles. The molecule has 10 heteroatoms. The topological polar surface area (TPSA) is 118 Å². The van der Waals surface area contributed by atoms with Crippen LogP contribution in [0.25, 0.3) is 0 Å². The zero-order chi connectivity index (χ0) is 21.4. The third kappa shape index (κ3) is 7.69. The number of carbonyl (C=O) groups excluding carboxylic acids is 2. The highest BCUT2D eigenvalue weighted by Gasteiger charge is 2.22. The molecule has 156 valence electrons. The maximum Gasteiger partial charge on any atom is 0.253 e. The van der Waals surface area contributed by atoms with Crippen LogP contribution in [0.3, 0.4) is 0 Å². The van der Waals surface area contributed by atoms with Gasteiger partial charge in [-0.2, -0.15) is 11.8 Å². The van der Waals surface area contributed by atoms with Gasteiger partial charge < -0.3 is 10.6 Å². The van der Waals surface area contributed by atoms with E-state index in [1.165, 1.54) is 6.07 Å². The molecule has 0 bridgehead atoms. The molecule has 2 aromatic carbocycles. The summed E-state index contributed by atoms with van der Waals surface area (Å²) in [5.74, 6) is -0.533. The molecule has 0 spiro atoms. The molecule has 2 amide bonds. The first kappa shape index (κ1) is 23.2. The van der Waals surface area contributed by atoms with Crippen molar-refractivity contribution in [2.75, 3.05) is 17.3 Å². The average Bonchev–Trinajstić information content (AvgIpc) is 2.64. The van der Waals surface area contributed by atoms with E-state index in [0.717, 1.165) is 0 Å². The van der Waals surface area contributed by atoms with Crippen LogP contribution in [-0.4, -0.2) is 38.3 Å². The molecule has 0 unspecified atom stereocenters. The molecule has 0 saturated heterocycles. The van der Waals surface area contributed by atoms with Gasteiger partial charge in [-0.3, -0.25) is 9.59 Å². The van der Waals surface area contributed by atoms with Crippen molar-refractivity contribution < 1.29 is 18.0 Å². The highest BCUT2D eigenvalue weighted by molar-refractivity contribution is 7.98.